The van der Waals surface area contributed by atoms with E-state index in [-0.39, 0.29) is 4.90 Å². The number of rotatable bonds is 2. The van der Waals surface area contributed by atoms with Crippen LogP contribution in [0.15, 0.2) is 53.6 Å². The van der Waals surface area contributed by atoms with E-state index in [0.717, 1.165) is 45.7 Å². The van der Waals surface area contributed by atoms with Gasteiger partial charge in [-0.05, 0) is 49.5 Å². The Balaban J connectivity index is 1.81. The molecule has 0 atom stereocenters. The standard InChI is InChI=1S/C19H17F3N2O3S/c1-23-10-11-27-18-7-6-17-15(16(18)12-23)8-9-24(17)28(25,26)14-4-2-13(3-5-14)19(20,21)22/h2-9H,10-12H2,1H3. The quantitative estimate of drug-likeness (QED) is 0.646. The van der Waals surface area contributed by atoms with Crippen molar-refractivity contribution in [3.8, 4) is 5.75 Å². The molecule has 5 nitrogen and oxygen atoms in total. The normalized spacial score (nSPS) is 15.9. The lowest BCUT2D eigenvalue weighted by molar-refractivity contribution is -0.137. The van der Waals surface area contributed by atoms with Crippen LogP contribution in [0.4, 0.5) is 13.2 Å². The minimum atomic E-state index is -4.52. The summed E-state index contributed by atoms with van der Waals surface area (Å²) < 4.78 is 71.1. The SMILES string of the molecule is CN1CCOc2ccc3c(ccn3S(=O)(=O)c3ccc(C(F)(F)F)cc3)c2C1. The average molecular weight is 410 g/mol. The summed E-state index contributed by atoms with van der Waals surface area (Å²) in [4.78, 5) is 1.87. The summed E-state index contributed by atoms with van der Waals surface area (Å²) in [5, 5.41) is 0.738. The van der Waals surface area contributed by atoms with Gasteiger partial charge in [0.05, 0.1) is 16.0 Å². The molecule has 0 unspecified atom stereocenters. The highest BCUT2D eigenvalue weighted by molar-refractivity contribution is 7.90. The Kier molecular flexibility index (Phi) is 4.39. The molecule has 9 heteroatoms. The first kappa shape index (κ1) is 18.8. The molecule has 1 aliphatic rings. The number of fused-ring (bicyclic) bond motifs is 3. The Morgan fingerprint density at radius 3 is 2.43 bits per heavy atom. The first-order valence-electron chi connectivity index (χ1n) is 8.55. The number of ether oxygens (including phenoxy) is 1. The Labute approximate surface area is 160 Å². The molecule has 4 rings (SSSR count). The van der Waals surface area contributed by atoms with Gasteiger partial charge in [0.25, 0.3) is 10.0 Å². The third kappa shape index (κ3) is 3.14. The van der Waals surface area contributed by atoms with Gasteiger partial charge in [-0.2, -0.15) is 13.2 Å². The molecule has 1 aliphatic heterocycles. The maximum atomic E-state index is 13.0. The van der Waals surface area contributed by atoms with Crippen LogP contribution in [0.3, 0.4) is 0 Å². The van der Waals surface area contributed by atoms with Gasteiger partial charge in [-0.3, -0.25) is 4.90 Å². The van der Waals surface area contributed by atoms with Gasteiger partial charge >= 0.3 is 6.18 Å². The molecule has 0 N–H and O–H groups in total. The van der Waals surface area contributed by atoms with Crippen LogP contribution in [0, 0.1) is 0 Å². The van der Waals surface area contributed by atoms with Gasteiger partial charge in [0.2, 0.25) is 0 Å². The Bertz CT molecular complexity index is 1140. The number of benzene rings is 2. The van der Waals surface area contributed by atoms with Crippen molar-refractivity contribution in [2.75, 3.05) is 20.2 Å². The van der Waals surface area contributed by atoms with Gasteiger partial charge in [0, 0.05) is 30.2 Å². The van der Waals surface area contributed by atoms with Crippen LogP contribution >= 0.6 is 0 Å². The zero-order valence-electron chi connectivity index (χ0n) is 14.9. The van der Waals surface area contributed by atoms with Crippen LogP contribution in [-0.2, 0) is 22.7 Å². The first-order chi connectivity index (χ1) is 13.2. The highest BCUT2D eigenvalue weighted by Gasteiger charge is 2.31. The number of likely N-dealkylation sites (N-methyl/N-ethyl adjacent to an activating group) is 1. The van der Waals surface area contributed by atoms with E-state index in [1.54, 1.807) is 18.2 Å². The van der Waals surface area contributed by atoms with Gasteiger partial charge in [0.15, 0.2) is 0 Å². The molecule has 3 aromatic rings. The predicted octanol–water partition coefficient (Wildman–Crippen LogP) is 3.72. The maximum Gasteiger partial charge on any atom is 0.416 e. The van der Waals surface area contributed by atoms with Crippen molar-refractivity contribution < 1.29 is 26.3 Å². The van der Waals surface area contributed by atoms with E-state index < -0.39 is 21.8 Å². The molecular weight excluding hydrogens is 393 g/mol. The average Bonchev–Trinajstić information content (AvgIpc) is 2.99. The monoisotopic (exact) mass is 410 g/mol. The smallest absolute Gasteiger partial charge is 0.416 e. The second-order valence-electron chi connectivity index (χ2n) is 6.70. The van der Waals surface area contributed by atoms with Crippen LogP contribution in [-0.4, -0.2) is 37.5 Å². The van der Waals surface area contributed by atoms with E-state index in [2.05, 4.69) is 4.90 Å². The number of aromatic nitrogens is 1. The third-order valence-electron chi connectivity index (χ3n) is 4.80. The number of halogens is 3. The summed E-state index contributed by atoms with van der Waals surface area (Å²) in [5.74, 6) is 0.710. The molecule has 0 aliphatic carbocycles. The zero-order chi connectivity index (χ0) is 20.1. The predicted molar refractivity (Wildman–Crippen MR) is 97.8 cm³/mol. The van der Waals surface area contributed by atoms with Crippen LogP contribution in [0.1, 0.15) is 11.1 Å². The molecule has 1 aromatic heterocycles. The lowest BCUT2D eigenvalue weighted by atomic mass is 10.1. The first-order valence-corrected chi connectivity index (χ1v) is 9.99. The topological polar surface area (TPSA) is 51.5 Å². The number of hydrogen-bond donors (Lipinski definition) is 0. The summed E-state index contributed by atoms with van der Waals surface area (Å²) in [5.41, 5.74) is 0.450. The fraction of sp³-hybridized carbons (Fsp3) is 0.263. The summed E-state index contributed by atoms with van der Waals surface area (Å²) in [6.45, 7) is 1.90. The molecule has 148 valence electrons. The molecule has 0 bridgehead atoms. The molecule has 2 aromatic carbocycles. The highest BCUT2D eigenvalue weighted by Crippen LogP contribution is 2.34. The van der Waals surface area contributed by atoms with Crippen LogP contribution < -0.4 is 4.74 Å². The van der Waals surface area contributed by atoms with E-state index >= 15 is 0 Å². The van der Waals surface area contributed by atoms with Crippen molar-refractivity contribution in [1.82, 2.24) is 8.87 Å². The van der Waals surface area contributed by atoms with Crippen molar-refractivity contribution in [3.63, 3.8) is 0 Å². The van der Waals surface area contributed by atoms with Crippen LogP contribution in [0.2, 0.25) is 0 Å². The molecule has 28 heavy (non-hydrogen) atoms. The summed E-state index contributed by atoms with van der Waals surface area (Å²) in [6.07, 6.45) is -3.10. The minimum Gasteiger partial charge on any atom is -0.492 e. The Morgan fingerprint density at radius 1 is 1.04 bits per heavy atom. The molecule has 2 heterocycles. The molecule has 0 amide bonds. The number of hydrogen-bond acceptors (Lipinski definition) is 4. The van der Waals surface area contributed by atoms with E-state index in [9.17, 15) is 21.6 Å². The second kappa shape index (κ2) is 6.52. The van der Waals surface area contributed by atoms with Gasteiger partial charge in [-0.25, -0.2) is 12.4 Å². The van der Waals surface area contributed by atoms with Crippen LogP contribution in [0.5, 0.6) is 5.75 Å². The Morgan fingerprint density at radius 2 is 1.75 bits per heavy atom. The molecule has 0 saturated heterocycles. The molecule has 0 spiro atoms. The lowest BCUT2D eigenvalue weighted by Gasteiger charge is -2.13. The van der Waals surface area contributed by atoms with E-state index in [1.807, 2.05) is 7.05 Å². The lowest BCUT2D eigenvalue weighted by Crippen LogP contribution is -2.20. The van der Waals surface area contributed by atoms with Crippen molar-refractivity contribution in [1.29, 1.82) is 0 Å². The Hall–Kier alpha value is -2.52. The largest absolute Gasteiger partial charge is 0.492 e. The summed E-state index contributed by atoms with van der Waals surface area (Å²) >= 11 is 0. The molecule has 0 fully saturated rings. The van der Waals surface area contributed by atoms with Crippen LogP contribution in [0.25, 0.3) is 10.9 Å². The van der Waals surface area contributed by atoms with Gasteiger partial charge in [-0.15, -0.1) is 0 Å². The van der Waals surface area contributed by atoms with E-state index in [1.165, 1.54) is 6.20 Å². The molecule has 0 saturated carbocycles. The van der Waals surface area contributed by atoms with Crippen molar-refractivity contribution in [3.05, 3.63) is 59.8 Å². The van der Waals surface area contributed by atoms with Crippen molar-refractivity contribution >= 4 is 20.9 Å². The fourth-order valence-corrected chi connectivity index (χ4v) is 4.68. The zero-order valence-corrected chi connectivity index (χ0v) is 15.7. The van der Waals surface area contributed by atoms with Gasteiger partial charge < -0.3 is 4.74 Å². The highest BCUT2D eigenvalue weighted by atomic mass is 32.2. The molecule has 0 radical (unpaired) electrons. The fourth-order valence-electron chi connectivity index (χ4n) is 3.33. The van der Waals surface area contributed by atoms with Crippen molar-refractivity contribution in [2.45, 2.75) is 17.6 Å². The second-order valence-corrected chi connectivity index (χ2v) is 8.51. The van der Waals surface area contributed by atoms with Gasteiger partial charge in [-0.1, -0.05) is 0 Å². The number of nitrogens with zero attached hydrogens (tertiary/aromatic N) is 2. The van der Waals surface area contributed by atoms with E-state index in [0.29, 0.717) is 24.4 Å². The number of alkyl halides is 3. The van der Waals surface area contributed by atoms with E-state index in [4.69, 9.17) is 4.74 Å². The summed E-state index contributed by atoms with van der Waals surface area (Å²) in [6, 6.07) is 8.57. The maximum absolute atomic E-state index is 13.0. The minimum absolute atomic E-state index is 0.207. The van der Waals surface area contributed by atoms with Gasteiger partial charge in [0.1, 0.15) is 12.4 Å². The summed E-state index contributed by atoms with van der Waals surface area (Å²) in [7, 11) is -2.09. The van der Waals surface area contributed by atoms with Crippen molar-refractivity contribution in [2.24, 2.45) is 0 Å². The molecular formula is C19H17F3N2O3S. The third-order valence-corrected chi connectivity index (χ3v) is 6.51.